The lowest BCUT2D eigenvalue weighted by atomic mass is 10.1. The Morgan fingerprint density at radius 2 is 2.05 bits per heavy atom. The average Bonchev–Trinajstić information content (AvgIpc) is 2.95. The maximum atomic E-state index is 8.81. The van der Waals surface area contributed by atoms with Gasteiger partial charge in [-0.1, -0.05) is 18.2 Å². The summed E-state index contributed by atoms with van der Waals surface area (Å²) in [5.74, 6) is 0. The molecule has 2 aromatic heterocycles. The Balaban J connectivity index is 1.67. The fourth-order valence-corrected chi connectivity index (χ4v) is 2.29. The molecule has 0 amide bonds. The van der Waals surface area contributed by atoms with Crippen LogP contribution in [0.1, 0.15) is 29.8 Å². The van der Waals surface area contributed by atoms with Crippen molar-refractivity contribution in [2.75, 3.05) is 0 Å². The summed E-state index contributed by atoms with van der Waals surface area (Å²) in [6.07, 6.45) is 4.03. The summed E-state index contributed by atoms with van der Waals surface area (Å²) in [7, 11) is 0. The lowest BCUT2D eigenvalue weighted by Gasteiger charge is -2.13. The molecule has 104 valence electrons. The van der Waals surface area contributed by atoms with Crippen molar-refractivity contribution < 1.29 is 0 Å². The quantitative estimate of drug-likeness (QED) is 0.796. The Bertz CT molecular complexity index is 747. The fraction of sp³-hybridized carbons (Fsp3) is 0.176. The molecule has 3 aromatic rings. The van der Waals surface area contributed by atoms with Gasteiger partial charge in [-0.15, -0.1) is 0 Å². The standard InChI is InChI=1S/C17H16N4/c1-13(15-7-5-14(10-18)6-8-15)19-11-16-12-21-9-3-2-4-17(21)20-16/h2-9,12-13,19H,11H2,1H3. The first-order valence-electron chi connectivity index (χ1n) is 6.92. The number of benzene rings is 1. The highest BCUT2D eigenvalue weighted by atomic mass is 15.0. The van der Waals surface area contributed by atoms with Crippen LogP contribution in [-0.2, 0) is 6.54 Å². The summed E-state index contributed by atoms with van der Waals surface area (Å²) in [4.78, 5) is 4.56. The predicted octanol–water partition coefficient (Wildman–Crippen LogP) is 3.06. The van der Waals surface area contributed by atoms with Gasteiger partial charge in [0.2, 0.25) is 0 Å². The predicted molar refractivity (Wildman–Crippen MR) is 81.6 cm³/mol. The molecular formula is C17H16N4. The van der Waals surface area contributed by atoms with E-state index >= 15 is 0 Å². The summed E-state index contributed by atoms with van der Waals surface area (Å²) < 4.78 is 2.02. The normalized spacial score (nSPS) is 12.2. The van der Waals surface area contributed by atoms with Crippen molar-refractivity contribution >= 4 is 5.65 Å². The molecule has 1 unspecified atom stereocenters. The van der Waals surface area contributed by atoms with Gasteiger partial charge >= 0.3 is 0 Å². The van der Waals surface area contributed by atoms with Crippen LogP contribution in [-0.4, -0.2) is 9.38 Å². The van der Waals surface area contributed by atoms with Gasteiger partial charge in [0.1, 0.15) is 5.65 Å². The summed E-state index contributed by atoms with van der Waals surface area (Å²) in [6, 6.07) is 16.0. The highest BCUT2D eigenvalue weighted by Gasteiger charge is 2.06. The number of nitrogens with zero attached hydrogens (tertiary/aromatic N) is 3. The third kappa shape index (κ3) is 2.93. The highest BCUT2D eigenvalue weighted by Crippen LogP contribution is 2.14. The molecular weight excluding hydrogens is 260 g/mol. The molecule has 1 N–H and O–H groups in total. The second-order valence-corrected chi connectivity index (χ2v) is 5.03. The van der Waals surface area contributed by atoms with Crippen molar-refractivity contribution in [3.05, 3.63) is 71.7 Å². The van der Waals surface area contributed by atoms with E-state index in [9.17, 15) is 0 Å². The summed E-state index contributed by atoms with van der Waals surface area (Å²) in [6.45, 7) is 2.82. The molecule has 3 rings (SSSR count). The third-order valence-corrected chi connectivity index (χ3v) is 3.54. The van der Waals surface area contributed by atoms with Gasteiger partial charge in [0.25, 0.3) is 0 Å². The van der Waals surface area contributed by atoms with Crippen LogP contribution >= 0.6 is 0 Å². The number of aromatic nitrogens is 2. The third-order valence-electron chi connectivity index (χ3n) is 3.54. The number of imidazole rings is 1. The van der Waals surface area contributed by atoms with E-state index in [1.54, 1.807) is 0 Å². The minimum Gasteiger partial charge on any atom is -0.307 e. The zero-order valence-electron chi connectivity index (χ0n) is 11.8. The van der Waals surface area contributed by atoms with Crippen LogP contribution in [0, 0.1) is 11.3 Å². The molecule has 0 aliphatic rings. The minimum absolute atomic E-state index is 0.211. The number of hydrogen-bond donors (Lipinski definition) is 1. The lowest BCUT2D eigenvalue weighted by Crippen LogP contribution is -2.18. The second-order valence-electron chi connectivity index (χ2n) is 5.03. The number of rotatable bonds is 4. The molecule has 4 nitrogen and oxygen atoms in total. The van der Waals surface area contributed by atoms with E-state index in [-0.39, 0.29) is 6.04 Å². The van der Waals surface area contributed by atoms with Gasteiger partial charge in [0.15, 0.2) is 0 Å². The first kappa shape index (κ1) is 13.3. The van der Waals surface area contributed by atoms with Crippen LogP contribution in [0.5, 0.6) is 0 Å². The van der Waals surface area contributed by atoms with Crippen LogP contribution in [0.25, 0.3) is 5.65 Å². The van der Waals surface area contributed by atoms with E-state index in [1.807, 2.05) is 59.3 Å². The van der Waals surface area contributed by atoms with Gasteiger partial charge in [-0.05, 0) is 36.8 Å². The highest BCUT2D eigenvalue weighted by molar-refractivity contribution is 5.39. The molecule has 0 radical (unpaired) electrons. The zero-order valence-corrected chi connectivity index (χ0v) is 11.8. The Morgan fingerprint density at radius 1 is 1.24 bits per heavy atom. The van der Waals surface area contributed by atoms with Crippen molar-refractivity contribution in [1.29, 1.82) is 5.26 Å². The molecule has 0 fully saturated rings. The topological polar surface area (TPSA) is 53.1 Å². The summed E-state index contributed by atoms with van der Waals surface area (Å²) in [5.41, 5.74) is 3.83. The SMILES string of the molecule is CC(NCc1cn2ccccc2n1)c1ccc(C#N)cc1. The summed E-state index contributed by atoms with van der Waals surface area (Å²) >= 11 is 0. The second kappa shape index (κ2) is 5.78. The van der Waals surface area contributed by atoms with Gasteiger partial charge in [0.05, 0.1) is 17.3 Å². The van der Waals surface area contributed by atoms with Crippen molar-refractivity contribution in [1.82, 2.24) is 14.7 Å². The smallest absolute Gasteiger partial charge is 0.137 e. The number of fused-ring (bicyclic) bond motifs is 1. The maximum absolute atomic E-state index is 8.81. The van der Waals surface area contributed by atoms with E-state index in [4.69, 9.17) is 5.26 Å². The van der Waals surface area contributed by atoms with Gasteiger partial charge in [0, 0.05) is 25.0 Å². The van der Waals surface area contributed by atoms with E-state index < -0.39 is 0 Å². The number of nitriles is 1. The van der Waals surface area contributed by atoms with Crippen molar-refractivity contribution in [2.24, 2.45) is 0 Å². The Morgan fingerprint density at radius 3 is 2.76 bits per heavy atom. The number of nitrogens with one attached hydrogen (secondary N) is 1. The van der Waals surface area contributed by atoms with Gasteiger partial charge in [-0.2, -0.15) is 5.26 Å². The molecule has 0 spiro atoms. The minimum atomic E-state index is 0.211. The molecule has 0 saturated heterocycles. The van der Waals surface area contributed by atoms with Crippen molar-refractivity contribution in [3.63, 3.8) is 0 Å². The fourth-order valence-electron chi connectivity index (χ4n) is 2.29. The van der Waals surface area contributed by atoms with Crippen LogP contribution < -0.4 is 5.32 Å². The largest absolute Gasteiger partial charge is 0.307 e. The first-order chi connectivity index (χ1) is 10.3. The zero-order chi connectivity index (χ0) is 14.7. The Kier molecular flexibility index (Phi) is 3.67. The Labute approximate surface area is 123 Å². The molecule has 0 bridgehead atoms. The van der Waals surface area contributed by atoms with Gasteiger partial charge < -0.3 is 9.72 Å². The van der Waals surface area contributed by atoms with E-state index in [2.05, 4.69) is 23.3 Å². The van der Waals surface area contributed by atoms with E-state index in [1.165, 1.54) is 0 Å². The summed E-state index contributed by atoms with van der Waals surface area (Å²) in [5, 5.41) is 12.3. The van der Waals surface area contributed by atoms with Crippen LogP contribution in [0.4, 0.5) is 0 Å². The lowest BCUT2D eigenvalue weighted by molar-refractivity contribution is 0.569. The van der Waals surface area contributed by atoms with Crippen LogP contribution in [0.15, 0.2) is 54.9 Å². The number of hydrogen-bond acceptors (Lipinski definition) is 3. The molecule has 0 saturated carbocycles. The average molecular weight is 276 g/mol. The van der Waals surface area contributed by atoms with Crippen molar-refractivity contribution in [2.45, 2.75) is 19.5 Å². The maximum Gasteiger partial charge on any atom is 0.137 e. The molecule has 1 aromatic carbocycles. The molecule has 0 aliphatic heterocycles. The monoisotopic (exact) mass is 276 g/mol. The van der Waals surface area contributed by atoms with Crippen LogP contribution in [0.2, 0.25) is 0 Å². The van der Waals surface area contributed by atoms with E-state index in [0.29, 0.717) is 12.1 Å². The molecule has 4 heteroatoms. The Hall–Kier alpha value is -2.64. The van der Waals surface area contributed by atoms with Crippen molar-refractivity contribution in [3.8, 4) is 6.07 Å². The van der Waals surface area contributed by atoms with Gasteiger partial charge in [-0.3, -0.25) is 0 Å². The molecule has 0 aliphatic carbocycles. The van der Waals surface area contributed by atoms with E-state index in [0.717, 1.165) is 16.9 Å². The van der Waals surface area contributed by atoms with Crippen LogP contribution in [0.3, 0.4) is 0 Å². The molecule has 1 atom stereocenters. The molecule has 2 heterocycles. The first-order valence-corrected chi connectivity index (χ1v) is 6.92. The molecule has 21 heavy (non-hydrogen) atoms. The van der Waals surface area contributed by atoms with Gasteiger partial charge in [-0.25, -0.2) is 4.98 Å². The number of pyridine rings is 1.